The Kier molecular flexibility index (Phi) is 6.12. The zero-order chi connectivity index (χ0) is 22.0. The summed E-state index contributed by atoms with van der Waals surface area (Å²) in [7, 11) is 0. The molecule has 0 bridgehead atoms. The minimum Gasteiger partial charge on any atom is -0.462 e. The van der Waals surface area contributed by atoms with Crippen LogP contribution in [0.25, 0.3) is 0 Å². The number of esters is 1. The summed E-state index contributed by atoms with van der Waals surface area (Å²) in [6.07, 6.45) is -0.0230. The Morgan fingerprint density at radius 3 is 2.53 bits per heavy atom. The molecule has 10 heteroatoms. The van der Waals surface area contributed by atoms with E-state index < -0.39 is 23.7 Å². The van der Waals surface area contributed by atoms with Gasteiger partial charge in [-0.1, -0.05) is 11.6 Å². The number of amides is 3. The van der Waals surface area contributed by atoms with Gasteiger partial charge in [-0.25, -0.2) is 4.79 Å². The van der Waals surface area contributed by atoms with Gasteiger partial charge in [0, 0.05) is 23.7 Å². The largest absolute Gasteiger partial charge is 0.462 e. The van der Waals surface area contributed by atoms with Crippen LogP contribution in [0.1, 0.15) is 39.8 Å². The third kappa shape index (κ3) is 4.16. The second-order valence-corrected chi connectivity index (χ2v) is 7.13. The predicted octanol–water partition coefficient (Wildman–Crippen LogP) is 2.51. The summed E-state index contributed by atoms with van der Waals surface area (Å²) in [5.41, 5.74) is 5.61. The number of benzene rings is 1. The van der Waals surface area contributed by atoms with Crippen molar-refractivity contribution in [1.29, 1.82) is 0 Å². The summed E-state index contributed by atoms with van der Waals surface area (Å²) in [5, 5.41) is 3.01. The quantitative estimate of drug-likeness (QED) is 0.672. The van der Waals surface area contributed by atoms with Gasteiger partial charge in [0.25, 0.3) is 5.91 Å². The molecule has 9 nitrogen and oxygen atoms in total. The maximum Gasteiger partial charge on any atom is 0.342 e. The minimum absolute atomic E-state index is 0.0230. The second-order valence-electron chi connectivity index (χ2n) is 6.69. The molecule has 158 valence electrons. The van der Waals surface area contributed by atoms with Crippen molar-refractivity contribution in [3.05, 3.63) is 46.2 Å². The number of carbonyl (C=O) groups is 4. The number of rotatable bonds is 6. The second kappa shape index (κ2) is 8.58. The normalized spacial score (nSPS) is 15.9. The van der Waals surface area contributed by atoms with Crippen LogP contribution in [0.2, 0.25) is 5.02 Å². The zero-order valence-corrected chi connectivity index (χ0v) is 17.1. The molecular formula is C20H20ClN3O6. The first-order valence-electron chi connectivity index (χ1n) is 9.20. The topological polar surface area (TPSA) is 132 Å². The fourth-order valence-electron chi connectivity index (χ4n) is 3.28. The van der Waals surface area contributed by atoms with Crippen LogP contribution in [0.15, 0.2) is 28.7 Å². The highest BCUT2D eigenvalue weighted by Crippen LogP contribution is 2.30. The molecule has 1 aliphatic rings. The molecule has 3 amide bonds. The number of primary amides is 1. The Bertz CT molecular complexity index is 1010. The average Bonchev–Trinajstić information content (AvgIpc) is 3.22. The van der Waals surface area contributed by atoms with Gasteiger partial charge in [-0.2, -0.15) is 0 Å². The lowest BCUT2D eigenvalue weighted by Gasteiger charge is -2.16. The third-order valence-corrected chi connectivity index (χ3v) is 4.93. The van der Waals surface area contributed by atoms with E-state index in [0.29, 0.717) is 10.7 Å². The number of furan rings is 1. The molecule has 30 heavy (non-hydrogen) atoms. The first-order chi connectivity index (χ1) is 14.2. The molecule has 3 N–H and O–H groups in total. The number of nitrogens with one attached hydrogen (secondary N) is 1. The van der Waals surface area contributed by atoms with E-state index >= 15 is 0 Å². The molecule has 0 aliphatic carbocycles. The SMILES string of the molecule is CCOC(=O)c1c(C)oc(NC(=O)C2CC(=O)N(c3ccc(Cl)cc3)C2)c1C(N)=O. The first-order valence-corrected chi connectivity index (χ1v) is 9.57. The van der Waals surface area contributed by atoms with E-state index in [4.69, 9.17) is 26.5 Å². The molecule has 1 aliphatic heterocycles. The van der Waals surface area contributed by atoms with Crippen LogP contribution in [0.3, 0.4) is 0 Å². The lowest BCUT2D eigenvalue weighted by molar-refractivity contribution is -0.122. The van der Waals surface area contributed by atoms with Gasteiger partial charge in [-0.15, -0.1) is 0 Å². The van der Waals surface area contributed by atoms with Crippen LogP contribution in [0, 0.1) is 12.8 Å². The number of carbonyl (C=O) groups excluding carboxylic acids is 4. The van der Waals surface area contributed by atoms with Crippen molar-refractivity contribution >= 4 is 46.9 Å². The van der Waals surface area contributed by atoms with Crippen LogP contribution >= 0.6 is 11.6 Å². The smallest absolute Gasteiger partial charge is 0.342 e. The van der Waals surface area contributed by atoms with E-state index in [-0.39, 0.29) is 48.3 Å². The van der Waals surface area contributed by atoms with Gasteiger partial charge in [0.05, 0.1) is 12.5 Å². The molecule has 1 aromatic heterocycles. The van der Waals surface area contributed by atoms with Crippen molar-refractivity contribution in [2.45, 2.75) is 20.3 Å². The number of hydrogen-bond acceptors (Lipinski definition) is 6. The number of anilines is 2. The van der Waals surface area contributed by atoms with Crippen molar-refractivity contribution in [2.24, 2.45) is 11.7 Å². The van der Waals surface area contributed by atoms with Gasteiger partial charge in [0.2, 0.25) is 17.7 Å². The Balaban J connectivity index is 1.80. The van der Waals surface area contributed by atoms with E-state index in [1.807, 2.05) is 0 Å². The number of ether oxygens (including phenoxy) is 1. The number of nitrogens with zero attached hydrogens (tertiary/aromatic N) is 1. The Morgan fingerprint density at radius 2 is 1.93 bits per heavy atom. The summed E-state index contributed by atoms with van der Waals surface area (Å²) in [6.45, 7) is 3.30. The molecule has 3 rings (SSSR count). The summed E-state index contributed by atoms with van der Waals surface area (Å²) >= 11 is 5.87. The third-order valence-electron chi connectivity index (χ3n) is 4.68. The molecule has 1 saturated heterocycles. The Hall–Kier alpha value is -3.33. The molecule has 1 aromatic carbocycles. The fraction of sp³-hybridized carbons (Fsp3) is 0.300. The van der Waals surface area contributed by atoms with E-state index in [9.17, 15) is 19.2 Å². The number of aryl methyl sites for hydroxylation is 1. The number of nitrogens with two attached hydrogens (primary N) is 1. The van der Waals surface area contributed by atoms with Crippen LogP contribution < -0.4 is 16.0 Å². The summed E-state index contributed by atoms with van der Waals surface area (Å²) in [4.78, 5) is 50.7. The summed E-state index contributed by atoms with van der Waals surface area (Å²) < 4.78 is 10.3. The average molecular weight is 434 g/mol. The monoisotopic (exact) mass is 433 g/mol. The van der Waals surface area contributed by atoms with Gasteiger partial charge >= 0.3 is 5.97 Å². The molecule has 1 fully saturated rings. The maximum absolute atomic E-state index is 12.7. The molecule has 2 aromatic rings. The van der Waals surface area contributed by atoms with Crippen LogP contribution in [-0.2, 0) is 14.3 Å². The number of hydrogen-bond donors (Lipinski definition) is 2. The fourth-order valence-corrected chi connectivity index (χ4v) is 3.41. The highest BCUT2D eigenvalue weighted by atomic mass is 35.5. The van der Waals surface area contributed by atoms with Gasteiger partial charge in [0.1, 0.15) is 16.9 Å². The van der Waals surface area contributed by atoms with E-state index in [0.717, 1.165) is 0 Å². The van der Waals surface area contributed by atoms with Crippen LogP contribution in [0.5, 0.6) is 0 Å². The molecular weight excluding hydrogens is 414 g/mol. The summed E-state index contributed by atoms with van der Waals surface area (Å²) in [5.74, 6) is -3.34. The van der Waals surface area contributed by atoms with Crippen LogP contribution in [-0.4, -0.2) is 36.8 Å². The Labute approximate surface area is 177 Å². The van der Waals surface area contributed by atoms with Gasteiger partial charge < -0.3 is 19.8 Å². The van der Waals surface area contributed by atoms with Gasteiger partial charge in [-0.3, -0.25) is 19.7 Å². The molecule has 0 spiro atoms. The minimum atomic E-state index is -0.949. The highest BCUT2D eigenvalue weighted by Gasteiger charge is 2.37. The van der Waals surface area contributed by atoms with Gasteiger partial charge in [0.15, 0.2) is 0 Å². The lowest BCUT2D eigenvalue weighted by Crippen LogP contribution is -2.28. The number of halogens is 1. The zero-order valence-electron chi connectivity index (χ0n) is 16.4. The first kappa shape index (κ1) is 21.4. The van der Waals surface area contributed by atoms with Crippen molar-refractivity contribution in [3.63, 3.8) is 0 Å². The molecule has 1 unspecified atom stereocenters. The van der Waals surface area contributed by atoms with Crippen molar-refractivity contribution in [1.82, 2.24) is 0 Å². The molecule has 0 saturated carbocycles. The molecule has 0 radical (unpaired) electrons. The lowest BCUT2D eigenvalue weighted by atomic mass is 10.1. The van der Waals surface area contributed by atoms with E-state index in [1.165, 1.54) is 11.8 Å². The van der Waals surface area contributed by atoms with Crippen molar-refractivity contribution in [2.75, 3.05) is 23.4 Å². The van der Waals surface area contributed by atoms with Crippen LogP contribution in [0.4, 0.5) is 11.6 Å². The highest BCUT2D eigenvalue weighted by molar-refractivity contribution is 6.30. The maximum atomic E-state index is 12.7. The van der Waals surface area contributed by atoms with E-state index in [2.05, 4.69) is 5.32 Å². The molecule has 1 atom stereocenters. The van der Waals surface area contributed by atoms with Crippen molar-refractivity contribution < 1.29 is 28.3 Å². The predicted molar refractivity (Wildman–Crippen MR) is 108 cm³/mol. The Morgan fingerprint density at radius 1 is 1.27 bits per heavy atom. The van der Waals surface area contributed by atoms with Crippen molar-refractivity contribution in [3.8, 4) is 0 Å². The van der Waals surface area contributed by atoms with E-state index in [1.54, 1.807) is 31.2 Å². The van der Waals surface area contributed by atoms with Gasteiger partial charge in [-0.05, 0) is 38.1 Å². The summed E-state index contributed by atoms with van der Waals surface area (Å²) in [6, 6.07) is 6.68. The molecule has 2 heterocycles. The standard InChI is InChI=1S/C20H20ClN3O6/c1-3-29-20(28)15-10(2)30-19(16(15)17(22)26)23-18(27)11-8-14(25)24(9-11)13-6-4-12(21)5-7-13/h4-7,11H,3,8-9H2,1-2H3,(H2,22,26)(H,23,27).